The van der Waals surface area contributed by atoms with Gasteiger partial charge in [-0.05, 0) is 34.1 Å². The van der Waals surface area contributed by atoms with Gasteiger partial charge in [0, 0.05) is 23.9 Å². The van der Waals surface area contributed by atoms with Crippen LogP contribution >= 0.6 is 0 Å². The normalized spacial score (nSPS) is 19.9. The lowest BCUT2D eigenvalue weighted by Gasteiger charge is -2.12. The highest BCUT2D eigenvalue weighted by molar-refractivity contribution is 5.95. The molecular formula is C18H15NO. The summed E-state index contributed by atoms with van der Waals surface area (Å²) in [4.78, 5) is 0. The molecule has 0 amide bonds. The van der Waals surface area contributed by atoms with Gasteiger partial charge in [-0.15, -0.1) is 0 Å². The Bertz CT molecular complexity index is 783. The van der Waals surface area contributed by atoms with Gasteiger partial charge >= 0.3 is 0 Å². The number of aliphatic hydroxyl groups excluding tert-OH is 1. The third-order valence-corrected chi connectivity index (χ3v) is 4.05. The fourth-order valence-corrected chi connectivity index (χ4v) is 3.15. The molecule has 0 saturated carbocycles. The number of hydrogen-bond acceptors (Lipinski definition) is 2. The van der Waals surface area contributed by atoms with Crippen molar-refractivity contribution in [1.29, 1.82) is 0 Å². The third-order valence-electron chi connectivity index (χ3n) is 4.05. The quantitative estimate of drug-likeness (QED) is 0.824. The summed E-state index contributed by atoms with van der Waals surface area (Å²) in [5.74, 6) is 0. The summed E-state index contributed by atoms with van der Waals surface area (Å²) in [6.45, 7) is 0. The zero-order valence-corrected chi connectivity index (χ0v) is 11.0. The lowest BCUT2D eigenvalue weighted by atomic mass is 9.98. The smallest absolute Gasteiger partial charge is 0.0836 e. The predicted molar refractivity (Wildman–Crippen MR) is 82.0 cm³/mol. The average molecular weight is 261 g/mol. The van der Waals surface area contributed by atoms with E-state index in [4.69, 9.17) is 0 Å². The minimum Gasteiger partial charge on any atom is -0.388 e. The molecule has 1 atom stereocenters. The molecular weight excluding hydrogens is 246 g/mol. The Kier molecular flexibility index (Phi) is 2.51. The van der Waals surface area contributed by atoms with Crippen molar-refractivity contribution < 1.29 is 5.11 Å². The molecule has 0 fully saturated rings. The Morgan fingerprint density at radius 1 is 1.05 bits per heavy atom. The summed E-state index contributed by atoms with van der Waals surface area (Å²) >= 11 is 0. The van der Waals surface area contributed by atoms with Crippen LogP contribution in [-0.2, 0) is 6.42 Å². The maximum atomic E-state index is 10.3. The van der Waals surface area contributed by atoms with Gasteiger partial charge in [0.25, 0.3) is 0 Å². The number of nitrogens with one attached hydrogen (secondary N) is 1. The minimum atomic E-state index is -0.382. The van der Waals surface area contributed by atoms with Crippen molar-refractivity contribution in [3.8, 4) is 0 Å². The van der Waals surface area contributed by atoms with E-state index in [1.165, 1.54) is 21.9 Å². The SMILES string of the molecule is OC1Cc2c(C3=CC=CC=CN3)ccc3cccc1c23. The Labute approximate surface area is 117 Å². The lowest BCUT2D eigenvalue weighted by molar-refractivity contribution is 0.185. The van der Waals surface area contributed by atoms with Gasteiger partial charge < -0.3 is 10.4 Å². The minimum absolute atomic E-state index is 0.382. The Hall–Kier alpha value is -2.32. The number of benzene rings is 2. The van der Waals surface area contributed by atoms with Gasteiger partial charge in [0.05, 0.1) is 6.10 Å². The molecule has 0 bridgehead atoms. The highest BCUT2D eigenvalue weighted by Crippen LogP contribution is 2.40. The number of aliphatic hydroxyl groups is 1. The largest absolute Gasteiger partial charge is 0.388 e. The van der Waals surface area contributed by atoms with E-state index in [0.717, 1.165) is 11.3 Å². The van der Waals surface area contributed by atoms with Crippen LogP contribution in [0.5, 0.6) is 0 Å². The molecule has 2 aromatic carbocycles. The molecule has 2 N–H and O–H groups in total. The predicted octanol–water partition coefficient (Wildman–Crippen LogP) is 3.44. The van der Waals surface area contributed by atoms with E-state index < -0.39 is 0 Å². The summed E-state index contributed by atoms with van der Waals surface area (Å²) in [6, 6.07) is 10.4. The lowest BCUT2D eigenvalue weighted by Crippen LogP contribution is -2.05. The van der Waals surface area contributed by atoms with Crippen LogP contribution in [0.25, 0.3) is 16.5 Å². The van der Waals surface area contributed by atoms with E-state index in [1.807, 2.05) is 36.6 Å². The van der Waals surface area contributed by atoms with E-state index in [9.17, 15) is 5.11 Å². The maximum Gasteiger partial charge on any atom is 0.0836 e. The first-order valence-corrected chi connectivity index (χ1v) is 6.87. The first kappa shape index (κ1) is 11.5. The second kappa shape index (κ2) is 4.36. The van der Waals surface area contributed by atoms with E-state index in [0.29, 0.717) is 6.42 Å². The average Bonchev–Trinajstić information content (AvgIpc) is 2.68. The molecule has 0 radical (unpaired) electrons. The van der Waals surface area contributed by atoms with Crippen molar-refractivity contribution in [2.45, 2.75) is 12.5 Å². The van der Waals surface area contributed by atoms with Crippen molar-refractivity contribution >= 4 is 16.5 Å². The fourth-order valence-electron chi connectivity index (χ4n) is 3.15. The zero-order chi connectivity index (χ0) is 13.5. The summed E-state index contributed by atoms with van der Waals surface area (Å²) in [6.07, 6.45) is 10.3. The topological polar surface area (TPSA) is 32.3 Å². The molecule has 98 valence electrons. The van der Waals surface area contributed by atoms with E-state index in [-0.39, 0.29) is 6.10 Å². The first-order valence-electron chi connectivity index (χ1n) is 6.87. The molecule has 2 aromatic rings. The van der Waals surface area contributed by atoms with Crippen molar-refractivity contribution in [3.63, 3.8) is 0 Å². The van der Waals surface area contributed by atoms with Crippen LogP contribution in [0.2, 0.25) is 0 Å². The monoisotopic (exact) mass is 261 g/mol. The van der Waals surface area contributed by atoms with Gasteiger partial charge in [0.15, 0.2) is 0 Å². The molecule has 0 saturated heterocycles. The molecule has 2 aliphatic rings. The van der Waals surface area contributed by atoms with E-state index in [1.54, 1.807) is 0 Å². The van der Waals surface area contributed by atoms with E-state index >= 15 is 0 Å². The van der Waals surface area contributed by atoms with Gasteiger partial charge in [-0.1, -0.05) is 42.5 Å². The van der Waals surface area contributed by atoms with Crippen molar-refractivity contribution in [1.82, 2.24) is 5.32 Å². The van der Waals surface area contributed by atoms with Crippen LogP contribution in [-0.4, -0.2) is 5.11 Å². The van der Waals surface area contributed by atoms with Crippen molar-refractivity contribution in [2.24, 2.45) is 0 Å². The maximum absolute atomic E-state index is 10.3. The molecule has 2 heteroatoms. The molecule has 20 heavy (non-hydrogen) atoms. The summed E-state index contributed by atoms with van der Waals surface area (Å²) in [5.41, 5.74) is 4.56. The summed E-state index contributed by atoms with van der Waals surface area (Å²) in [5, 5.41) is 16.0. The number of hydrogen-bond donors (Lipinski definition) is 2. The second-order valence-electron chi connectivity index (χ2n) is 5.23. The van der Waals surface area contributed by atoms with E-state index in [2.05, 4.69) is 29.6 Å². The Balaban J connectivity index is 1.97. The van der Waals surface area contributed by atoms with Gasteiger partial charge in [-0.3, -0.25) is 0 Å². The second-order valence-corrected chi connectivity index (χ2v) is 5.23. The number of allylic oxidation sites excluding steroid dienone is 4. The first-order chi connectivity index (χ1) is 9.84. The van der Waals surface area contributed by atoms with Crippen LogP contribution in [0, 0.1) is 0 Å². The Morgan fingerprint density at radius 2 is 2.00 bits per heavy atom. The summed E-state index contributed by atoms with van der Waals surface area (Å²) < 4.78 is 0. The van der Waals surface area contributed by atoms with Crippen molar-refractivity contribution in [3.05, 3.63) is 77.5 Å². The molecule has 0 spiro atoms. The highest BCUT2D eigenvalue weighted by atomic mass is 16.3. The third kappa shape index (κ3) is 1.62. The highest BCUT2D eigenvalue weighted by Gasteiger charge is 2.25. The molecule has 4 rings (SSSR count). The molecule has 1 aliphatic heterocycles. The zero-order valence-electron chi connectivity index (χ0n) is 11.0. The van der Waals surface area contributed by atoms with Crippen LogP contribution in [0.15, 0.2) is 60.8 Å². The van der Waals surface area contributed by atoms with Gasteiger partial charge in [-0.25, -0.2) is 0 Å². The van der Waals surface area contributed by atoms with Crippen molar-refractivity contribution in [2.75, 3.05) is 0 Å². The fraction of sp³-hybridized carbons (Fsp3) is 0.111. The molecule has 1 unspecified atom stereocenters. The summed E-state index contributed by atoms with van der Waals surface area (Å²) in [7, 11) is 0. The van der Waals surface area contributed by atoms with Crippen LogP contribution in [0.3, 0.4) is 0 Å². The van der Waals surface area contributed by atoms with Crippen LogP contribution < -0.4 is 5.32 Å². The Morgan fingerprint density at radius 3 is 2.95 bits per heavy atom. The van der Waals surface area contributed by atoms with Crippen LogP contribution in [0.4, 0.5) is 0 Å². The molecule has 1 heterocycles. The molecule has 1 aliphatic carbocycles. The standard InChI is InChI=1S/C18H15NO/c20-17-11-15-13(16-7-2-1-3-10-19-16)9-8-12-5-4-6-14(17)18(12)15/h1-10,17,19-20H,11H2. The molecule has 2 nitrogen and oxygen atoms in total. The molecule has 0 aromatic heterocycles. The van der Waals surface area contributed by atoms with Crippen LogP contribution in [0.1, 0.15) is 22.8 Å². The van der Waals surface area contributed by atoms with Gasteiger partial charge in [-0.2, -0.15) is 0 Å². The van der Waals surface area contributed by atoms with Gasteiger partial charge in [0.2, 0.25) is 0 Å². The van der Waals surface area contributed by atoms with Gasteiger partial charge in [0.1, 0.15) is 0 Å². The number of rotatable bonds is 1.